The Kier molecular flexibility index (Phi) is 5.62. The van der Waals surface area contributed by atoms with Crippen LogP contribution in [0.25, 0.3) is 0 Å². The smallest absolute Gasteiger partial charge is 0.345 e. The monoisotopic (exact) mass is 328 g/mol. The predicted octanol–water partition coefficient (Wildman–Crippen LogP) is 2.38. The molecule has 0 heterocycles. The molecule has 0 atom stereocenters. The predicted molar refractivity (Wildman–Crippen MR) is 86.4 cm³/mol. The summed E-state index contributed by atoms with van der Waals surface area (Å²) in [6.45, 7) is 1.74. The van der Waals surface area contributed by atoms with Crippen molar-refractivity contribution in [3.8, 4) is 0 Å². The molecule has 2 aromatic rings. The number of nitrogens with one attached hydrogen (secondary N) is 1. The molecular weight excluding hydrogens is 312 g/mol. The molecule has 24 heavy (non-hydrogen) atoms. The molecule has 7 heteroatoms. The third-order valence-electron chi connectivity index (χ3n) is 3.39. The van der Waals surface area contributed by atoms with E-state index in [0.717, 1.165) is 11.1 Å². The average molecular weight is 328 g/mol. The van der Waals surface area contributed by atoms with Crippen LogP contribution >= 0.6 is 0 Å². The average Bonchev–Trinajstić information content (AvgIpc) is 2.59. The Balaban J connectivity index is 1.89. The highest BCUT2D eigenvalue weighted by atomic mass is 16.6. The normalized spacial score (nSPS) is 10.0. The fraction of sp³-hybridized carbons (Fsp3) is 0.176. The summed E-state index contributed by atoms with van der Waals surface area (Å²) >= 11 is 0. The molecule has 0 fully saturated rings. The van der Waals surface area contributed by atoms with Crippen LogP contribution < -0.4 is 5.32 Å². The molecule has 0 spiro atoms. The molecular formula is C17H16N2O5. The second kappa shape index (κ2) is 7.87. The van der Waals surface area contributed by atoms with Gasteiger partial charge in [0.1, 0.15) is 5.56 Å². The number of hydrogen-bond acceptors (Lipinski definition) is 5. The second-order valence-electron chi connectivity index (χ2n) is 5.05. The quantitative estimate of drug-likeness (QED) is 0.499. The van der Waals surface area contributed by atoms with Gasteiger partial charge in [0.2, 0.25) is 0 Å². The number of carbonyl (C=O) groups excluding carboxylic acids is 2. The summed E-state index contributed by atoms with van der Waals surface area (Å²) in [6, 6.07) is 13.0. The Labute approximate surface area is 138 Å². The van der Waals surface area contributed by atoms with Crippen molar-refractivity contribution < 1.29 is 19.2 Å². The first-order chi connectivity index (χ1) is 11.5. The molecule has 0 unspecified atom stereocenters. The van der Waals surface area contributed by atoms with Crippen LogP contribution in [-0.2, 0) is 16.1 Å². The highest BCUT2D eigenvalue weighted by Gasteiger charge is 2.21. The zero-order valence-electron chi connectivity index (χ0n) is 13.0. The summed E-state index contributed by atoms with van der Waals surface area (Å²) in [5, 5.41) is 13.5. The molecule has 1 amide bonds. The minimum absolute atomic E-state index is 0.186. The number of benzene rings is 2. The Bertz CT molecular complexity index is 773. The highest BCUT2D eigenvalue weighted by Crippen LogP contribution is 2.18. The highest BCUT2D eigenvalue weighted by molar-refractivity contribution is 5.95. The van der Waals surface area contributed by atoms with Crippen molar-refractivity contribution >= 4 is 17.6 Å². The van der Waals surface area contributed by atoms with Crippen LogP contribution in [0.15, 0.2) is 48.5 Å². The molecule has 1 N–H and O–H groups in total. The van der Waals surface area contributed by atoms with Crippen LogP contribution in [0.4, 0.5) is 5.69 Å². The van der Waals surface area contributed by atoms with Crippen LogP contribution in [0.5, 0.6) is 0 Å². The van der Waals surface area contributed by atoms with E-state index in [1.54, 1.807) is 0 Å². The summed E-state index contributed by atoms with van der Waals surface area (Å²) in [6.07, 6.45) is 0. The minimum Gasteiger partial charge on any atom is -0.452 e. The summed E-state index contributed by atoms with van der Waals surface area (Å²) in [5.41, 5.74) is 1.45. The Hall–Kier alpha value is -3.22. The number of rotatable bonds is 6. The summed E-state index contributed by atoms with van der Waals surface area (Å²) in [5.74, 6) is -1.39. The number of nitrogens with zero attached hydrogens (tertiary/aromatic N) is 1. The molecule has 7 nitrogen and oxygen atoms in total. The van der Waals surface area contributed by atoms with E-state index < -0.39 is 23.4 Å². The van der Waals surface area contributed by atoms with Crippen molar-refractivity contribution in [3.63, 3.8) is 0 Å². The number of aryl methyl sites for hydroxylation is 1. The molecule has 0 aliphatic heterocycles. The first-order valence-corrected chi connectivity index (χ1v) is 7.21. The SMILES string of the molecule is Cc1ccccc1CNC(=O)COC(=O)c1ccccc1[N+](=O)[O-]. The molecule has 0 aliphatic rings. The summed E-state index contributed by atoms with van der Waals surface area (Å²) < 4.78 is 4.84. The Morgan fingerprint density at radius 3 is 2.50 bits per heavy atom. The second-order valence-corrected chi connectivity index (χ2v) is 5.05. The lowest BCUT2D eigenvalue weighted by Crippen LogP contribution is -2.28. The van der Waals surface area contributed by atoms with Gasteiger partial charge < -0.3 is 10.1 Å². The van der Waals surface area contributed by atoms with Gasteiger partial charge in [-0.1, -0.05) is 36.4 Å². The molecule has 2 rings (SSSR count). The zero-order chi connectivity index (χ0) is 17.5. The van der Waals surface area contributed by atoms with E-state index in [0.29, 0.717) is 6.54 Å². The molecule has 0 saturated carbocycles. The molecule has 0 aromatic heterocycles. The Morgan fingerprint density at radius 2 is 1.79 bits per heavy atom. The van der Waals surface area contributed by atoms with Gasteiger partial charge in [-0.15, -0.1) is 0 Å². The van der Waals surface area contributed by atoms with E-state index in [9.17, 15) is 19.7 Å². The number of ether oxygens (including phenoxy) is 1. The van der Waals surface area contributed by atoms with Crippen molar-refractivity contribution in [1.29, 1.82) is 0 Å². The van der Waals surface area contributed by atoms with Crippen LogP contribution in [0.2, 0.25) is 0 Å². The van der Waals surface area contributed by atoms with E-state index in [1.807, 2.05) is 31.2 Å². The van der Waals surface area contributed by atoms with Gasteiger partial charge in [-0.25, -0.2) is 4.79 Å². The van der Waals surface area contributed by atoms with Crippen molar-refractivity contribution in [3.05, 3.63) is 75.3 Å². The van der Waals surface area contributed by atoms with Crippen LogP contribution in [-0.4, -0.2) is 23.4 Å². The number of amides is 1. The van der Waals surface area contributed by atoms with Gasteiger partial charge in [-0.05, 0) is 24.1 Å². The molecule has 0 aliphatic carbocycles. The zero-order valence-corrected chi connectivity index (χ0v) is 13.0. The third-order valence-corrected chi connectivity index (χ3v) is 3.39. The lowest BCUT2D eigenvalue weighted by atomic mass is 10.1. The molecule has 2 aromatic carbocycles. The van der Waals surface area contributed by atoms with Crippen LogP contribution in [0.1, 0.15) is 21.5 Å². The Morgan fingerprint density at radius 1 is 1.12 bits per heavy atom. The first kappa shape index (κ1) is 17.1. The van der Waals surface area contributed by atoms with Gasteiger partial charge in [0.05, 0.1) is 4.92 Å². The van der Waals surface area contributed by atoms with Gasteiger partial charge >= 0.3 is 5.97 Å². The number of nitro benzene ring substituents is 1. The number of esters is 1. The largest absolute Gasteiger partial charge is 0.452 e. The van der Waals surface area contributed by atoms with Crippen molar-refractivity contribution in [2.45, 2.75) is 13.5 Å². The van der Waals surface area contributed by atoms with E-state index in [4.69, 9.17) is 4.74 Å². The molecule has 0 saturated heterocycles. The van der Waals surface area contributed by atoms with Crippen LogP contribution in [0, 0.1) is 17.0 Å². The molecule has 0 radical (unpaired) electrons. The topological polar surface area (TPSA) is 98.5 Å². The van der Waals surface area contributed by atoms with Crippen molar-refractivity contribution in [1.82, 2.24) is 5.32 Å². The minimum atomic E-state index is -0.909. The van der Waals surface area contributed by atoms with Gasteiger partial charge in [0.15, 0.2) is 6.61 Å². The summed E-state index contributed by atoms with van der Waals surface area (Å²) in [7, 11) is 0. The number of nitro groups is 1. The maximum atomic E-state index is 11.9. The summed E-state index contributed by atoms with van der Waals surface area (Å²) in [4.78, 5) is 33.9. The van der Waals surface area contributed by atoms with Crippen LogP contribution in [0.3, 0.4) is 0 Å². The third kappa shape index (κ3) is 4.39. The molecule has 0 bridgehead atoms. The van der Waals surface area contributed by atoms with Gasteiger partial charge in [-0.2, -0.15) is 0 Å². The number of carbonyl (C=O) groups is 2. The lowest BCUT2D eigenvalue weighted by Gasteiger charge is -2.08. The van der Waals surface area contributed by atoms with E-state index in [-0.39, 0.29) is 11.3 Å². The van der Waals surface area contributed by atoms with Crippen molar-refractivity contribution in [2.24, 2.45) is 0 Å². The lowest BCUT2D eigenvalue weighted by molar-refractivity contribution is -0.385. The maximum absolute atomic E-state index is 11.9. The fourth-order valence-electron chi connectivity index (χ4n) is 2.07. The fourth-order valence-corrected chi connectivity index (χ4v) is 2.07. The van der Waals surface area contributed by atoms with E-state index >= 15 is 0 Å². The van der Waals surface area contributed by atoms with Crippen molar-refractivity contribution in [2.75, 3.05) is 6.61 Å². The van der Waals surface area contributed by atoms with E-state index in [2.05, 4.69) is 5.32 Å². The van der Waals surface area contributed by atoms with Gasteiger partial charge in [0, 0.05) is 12.6 Å². The van der Waals surface area contributed by atoms with Gasteiger partial charge in [-0.3, -0.25) is 14.9 Å². The van der Waals surface area contributed by atoms with E-state index in [1.165, 1.54) is 24.3 Å². The molecule has 124 valence electrons. The van der Waals surface area contributed by atoms with Gasteiger partial charge in [0.25, 0.3) is 11.6 Å². The maximum Gasteiger partial charge on any atom is 0.345 e. The first-order valence-electron chi connectivity index (χ1n) is 7.21. The standard InChI is InChI=1S/C17H16N2O5/c1-12-6-2-3-7-13(12)10-18-16(20)11-24-17(21)14-8-4-5-9-15(14)19(22)23/h2-9H,10-11H2,1H3,(H,18,20). The number of hydrogen-bond donors (Lipinski definition) is 1. The number of para-hydroxylation sites is 1.